The van der Waals surface area contributed by atoms with Gasteiger partial charge in [-0.1, -0.05) is 72.8 Å². The maximum atomic E-state index is 15.0. The molecule has 0 aliphatic heterocycles. The molecule has 0 saturated heterocycles. The molecule has 156 valence electrons. The minimum atomic E-state index is -0.529. The Morgan fingerprint density at radius 3 is 1.61 bits per heavy atom. The van der Waals surface area contributed by atoms with Crippen molar-refractivity contribution in [3.8, 4) is 22.3 Å². The third-order valence-electron chi connectivity index (χ3n) is 5.28. The number of hydrogen-bond acceptors (Lipinski definition) is 1. The molecular weight excluding hydrogens is 388 g/mol. The molecule has 0 aliphatic rings. The average Bonchev–Trinajstić information content (AvgIpc) is 2.76. The predicted octanol–water partition coefficient (Wildman–Crippen LogP) is 8.24. The van der Waals surface area contributed by atoms with Gasteiger partial charge in [-0.3, -0.25) is 0 Å². The first-order valence-electron chi connectivity index (χ1n) is 10.3. The van der Waals surface area contributed by atoms with Gasteiger partial charge in [0.25, 0.3) is 0 Å². The highest BCUT2D eigenvalue weighted by Crippen LogP contribution is 2.38. The van der Waals surface area contributed by atoms with Gasteiger partial charge in [0.1, 0.15) is 11.6 Å². The van der Waals surface area contributed by atoms with Crippen molar-refractivity contribution in [3.63, 3.8) is 0 Å². The maximum Gasteiger partial charge on any atom is 0.146 e. The second-order valence-corrected chi connectivity index (χ2v) is 8.57. The zero-order valence-corrected chi connectivity index (χ0v) is 17.9. The van der Waals surface area contributed by atoms with Crippen LogP contribution in [0.5, 0.6) is 0 Å². The summed E-state index contributed by atoms with van der Waals surface area (Å²) in [6, 6.07) is 29.8. The van der Waals surface area contributed by atoms with E-state index in [0.29, 0.717) is 11.4 Å². The van der Waals surface area contributed by atoms with Crippen LogP contribution in [-0.2, 0) is 0 Å². The molecule has 0 saturated carbocycles. The molecule has 0 radical (unpaired) electrons. The van der Waals surface area contributed by atoms with Crippen LogP contribution in [-0.4, -0.2) is 5.54 Å². The Hall–Kier alpha value is -3.46. The van der Waals surface area contributed by atoms with Crippen LogP contribution in [0.25, 0.3) is 22.3 Å². The van der Waals surface area contributed by atoms with Gasteiger partial charge in [-0.25, -0.2) is 8.78 Å². The SMILES string of the molecule is CC(C)(C)N(c1ccccc1F)c1cc(-c2ccc(-c3ccccc3)cc2)ccc1F. The van der Waals surface area contributed by atoms with Crippen molar-refractivity contribution in [2.24, 2.45) is 0 Å². The third kappa shape index (κ3) is 4.36. The number of benzene rings is 4. The van der Waals surface area contributed by atoms with Crippen LogP contribution >= 0.6 is 0 Å². The minimum absolute atomic E-state index is 0.349. The van der Waals surface area contributed by atoms with Crippen molar-refractivity contribution in [3.05, 3.63) is 109 Å². The van der Waals surface area contributed by atoms with E-state index in [9.17, 15) is 4.39 Å². The summed E-state index contributed by atoms with van der Waals surface area (Å²) in [4.78, 5) is 1.72. The molecule has 0 unspecified atom stereocenters. The third-order valence-corrected chi connectivity index (χ3v) is 5.28. The van der Waals surface area contributed by atoms with Crippen LogP contribution in [0.3, 0.4) is 0 Å². The lowest BCUT2D eigenvalue weighted by Gasteiger charge is -2.38. The van der Waals surface area contributed by atoms with Crippen LogP contribution in [0.1, 0.15) is 20.8 Å². The van der Waals surface area contributed by atoms with Crippen LogP contribution in [0.4, 0.5) is 20.2 Å². The molecule has 0 aliphatic carbocycles. The summed E-state index contributed by atoms with van der Waals surface area (Å²) in [5, 5.41) is 0. The summed E-state index contributed by atoms with van der Waals surface area (Å²) >= 11 is 0. The van der Waals surface area contributed by atoms with Gasteiger partial charge in [0, 0.05) is 5.54 Å². The van der Waals surface area contributed by atoms with Gasteiger partial charge in [0.2, 0.25) is 0 Å². The zero-order chi connectivity index (χ0) is 22.0. The van der Waals surface area contributed by atoms with Gasteiger partial charge in [0.15, 0.2) is 0 Å². The standard InChI is InChI=1S/C28H25F2N/c1-28(2,3)31(26-12-8-7-11-24(26)29)27-19-23(17-18-25(27)30)22-15-13-21(14-16-22)20-9-5-4-6-10-20/h4-19H,1-3H3. The van der Waals surface area contributed by atoms with Gasteiger partial charge in [0.05, 0.1) is 11.4 Å². The van der Waals surface area contributed by atoms with Crippen LogP contribution in [0, 0.1) is 11.6 Å². The van der Waals surface area contributed by atoms with E-state index in [2.05, 4.69) is 24.3 Å². The van der Waals surface area contributed by atoms with Crippen LogP contribution in [0.2, 0.25) is 0 Å². The van der Waals surface area contributed by atoms with E-state index in [1.807, 2.05) is 51.1 Å². The Bertz CT molecular complexity index is 1180. The lowest BCUT2D eigenvalue weighted by molar-refractivity contribution is 0.527. The van der Waals surface area contributed by atoms with Crippen molar-refractivity contribution in [2.45, 2.75) is 26.3 Å². The van der Waals surface area contributed by atoms with Crippen molar-refractivity contribution >= 4 is 11.4 Å². The normalized spacial score (nSPS) is 11.4. The number of hydrogen-bond donors (Lipinski definition) is 0. The highest BCUT2D eigenvalue weighted by atomic mass is 19.1. The molecule has 0 N–H and O–H groups in total. The molecule has 4 rings (SSSR count). The fourth-order valence-electron chi connectivity index (χ4n) is 3.83. The summed E-state index contributed by atoms with van der Waals surface area (Å²) in [7, 11) is 0. The first kappa shape index (κ1) is 20.8. The molecule has 4 aromatic carbocycles. The van der Waals surface area contributed by atoms with Crippen molar-refractivity contribution < 1.29 is 8.78 Å². The first-order chi connectivity index (χ1) is 14.8. The summed E-state index contributed by atoms with van der Waals surface area (Å²) < 4.78 is 29.7. The maximum absolute atomic E-state index is 15.0. The fourth-order valence-corrected chi connectivity index (χ4v) is 3.83. The van der Waals surface area contributed by atoms with E-state index in [1.165, 1.54) is 12.1 Å². The summed E-state index contributed by atoms with van der Waals surface area (Å²) in [6.45, 7) is 5.83. The van der Waals surface area contributed by atoms with Gasteiger partial charge in [-0.05, 0) is 67.3 Å². The van der Waals surface area contributed by atoms with Crippen LogP contribution < -0.4 is 4.90 Å². The lowest BCUT2D eigenvalue weighted by Crippen LogP contribution is -2.38. The number of para-hydroxylation sites is 1. The Labute approximate surface area is 182 Å². The molecule has 4 aromatic rings. The Morgan fingerprint density at radius 1 is 0.516 bits per heavy atom. The fraction of sp³-hybridized carbons (Fsp3) is 0.143. The molecule has 0 spiro atoms. The topological polar surface area (TPSA) is 3.24 Å². The van der Waals surface area contributed by atoms with Crippen LogP contribution in [0.15, 0.2) is 97.1 Å². The first-order valence-corrected chi connectivity index (χ1v) is 10.3. The Balaban J connectivity index is 1.77. The Kier molecular flexibility index (Phi) is 5.60. The molecular formula is C28H25F2N. The Morgan fingerprint density at radius 2 is 1.00 bits per heavy atom. The van der Waals surface area contributed by atoms with E-state index in [1.54, 1.807) is 35.2 Å². The van der Waals surface area contributed by atoms with E-state index in [-0.39, 0.29) is 11.6 Å². The molecule has 0 aromatic heterocycles. The molecule has 0 atom stereocenters. The van der Waals surface area contributed by atoms with Crippen molar-refractivity contribution in [2.75, 3.05) is 4.90 Å². The molecule has 0 heterocycles. The van der Waals surface area contributed by atoms with E-state index < -0.39 is 5.54 Å². The van der Waals surface area contributed by atoms with Gasteiger partial charge < -0.3 is 4.90 Å². The number of halogens is 2. The van der Waals surface area contributed by atoms with E-state index >= 15 is 4.39 Å². The van der Waals surface area contributed by atoms with Gasteiger partial charge >= 0.3 is 0 Å². The summed E-state index contributed by atoms with van der Waals surface area (Å²) in [5.74, 6) is -0.766. The van der Waals surface area contributed by atoms with Crippen molar-refractivity contribution in [1.82, 2.24) is 0 Å². The lowest BCUT2D eigenvalue weighted by atomic mass is 9.98. The molecule has 0 fully saturated rings. The van der Waals surface area contributed by atoms with Crippen molar-refractivity contribution in [1.29, 1.82) is 0 Å². The van der Waals surface area contributed by atoms with Gasteiger partial charge in [-0.15, -0.1) is 0 Å². The number of rotatable bonds is 4. The quantitative estimate of drug-likeness (QED) is 0.326. The van der Waals surface area contributed by atoms with E-state index in [4.69, 9.17) is 0 Å². The number of anilines is 2. The summed E-state index contributed by atoms with van der Waals surface area (Å²) in [5.41, 5.74) is 4.29. The molecule has 31 heavy (non-hydrogen) atoms. The second-order valence-electron chi connectivity index (χ2n) is 8.57. The van der Waals surface area contributed by atoms with Gasteiger partial charge in [-0.2, -0.15) is 0 Å². The second kappa shape index (κ2) is 8.35. The average molecular weight is 414 g/mol. The monoisotopic (exact) mass is 413 g/mol. The van der Waals surface area contributed by atoms with E-state index in [0.717, 1.165) is 22.3 Å². The predicted molar refractivity (Wildman–Crippen MR) is 126 cm³/mol. The zero-order valence-electron chi connectivity index (χ0n) is 17.9. The minimum Gasteiger partial charge on any atom is -0.331 e. The highest BCUT2D eigenvalue weighted by molar-refractivity contribution is 5.76. The number of nitrogens with zero attached hydrogens (tertiary/aromatic N) is 1. The largest absolute Gasteiger partial charge is 0.331 e. The summed E-state index contributed by atoms with van der Waals surface area (Å²) in [6.07, 6.45) is 0. The molecule has 1 nitrogen and oxygen atoms in total. The molecule has 0 bridgehead atoms. The molecule has 0 amide bonds. The highest BCUT2D eigenvalue weighted by Gasteiger charge is 2.28. The molecule has 3 heteroatoms. The smallest absolute Gasteiger partial charge is 0.146 e.